The smallest absolute Gasteiger partial charge is 0.251 e. The summed E-state index contributed by atoms with van der Waals surface area (Å²) in [7, 11) is 0. The van der Waals surface area contributed by atoms with Crippen LogP contribution in [0.25, 0.3) is 0 Å². The number of hydrogen-bond acceptors (Lipinski definition) is 3. The Balaban J connectivity index is 1.89. The number of benzene rings is 1. The van der Waals surface area contributed by atoms with Crippen molar-refractivity contribution in [1.82, 2.24) is 5.32 Å². The zero-order valence-corrected chi connectivity index (χ0v) is 11.4. The molecule has 1 aliphatic carbocycles. The molecular weight excluding hydrogens is 246 g/mol. The van der Waals surface area contributed by atoms with Crippen LogP contribution in [0.3, 0.4) is 0 Å². The van der Waals surface area contributed by atoms with Crippen LogP contribution in [-0.4, -0.2) is 28.1 Å². The van der Waals surface area contributed by atoms with E-state index in [1.54, 1.807) is 18.2 Å². The van der Waals surface area contributed by atoms with Crippen LogP contribution < -0.4 is 5.32 Å². The number of thioether (sulfide) groups is 1. The molecule has 1 aromatic carbocycles. The fraction of sp³-hybridized carbons (Fsp3) is 0.500. The summed E-state index contributed by atoms with van der Waals surface area (Å²) in [6, 6.07) is 6.77. The topological polar surface area (TPSA) is 49.3 Å². The van der Waals surface area contributed by atoms with E-state index < -0.39 is 0 Å². The maximum absolute atomic E-state index is 12.0. The van der Waals surface area contributed by atoms with Crippen LogP contribution in [-0.2, 0) is 0 Å². The Labute approximate surface area is 112 Å². The first kappa shape index (κ1) is 13.3. The quantitative estimate of drug-likeness (QED) is 0.880. The third-order valence-corrected chi connectivity index (χ3v) is 4.46. The maximum Gasteiger partial charge on any atom is 0.251 e. The maximum atomic E-state index is 12.0. The summed E-state index contributed by atoms with van der Waals surface area (Å²) in [5, 5.41) is 13.1. The minimum Gasteiger partial charge on any atom is -0.508 e. The van der Waals surface area contributed by atoms with E-state index in [9.17, 15) is 9.90 Å². The Kier molecular flexibility index (Phi) is 4.53. The van der Waals surface area contributed by atoms with Crippen molar-refractivity contribution in [2.75, 3.05) is 5.75 Å². The SMILES string of the molecule is CCS[C@@H]1CC[C@H](NC(=O)c2cccc(O)c2)C1. The van der Waals surface area contributed by atoms with Crippen LogP contribution in [0.15, 0.2) is 24.3 Å². The highest BCUT2D eigenvalue weighted by molar-refractivity contribution is 7.99. The van der Waals surface area contributed by atoms with Gasteiger partial charge >= 0.3 is 0 Å². The number of nitrogens with one attached hydrogen (secondary N) is 1. The number of phenolic OH excluding ortho intramolecular Hbond substituents is 1. The highest BCUT2D eigenvalue weighted by Gasteiger charge is 2.25. The molecule has 0 unspecified atom stereocenters. The van der Waals surface area contributed by atoms with E-state index in [-0.39, 0.29) is 17.7 Å². The second-order valence-corrected chi connectivity index (χ2v) is 6.19. The van der Waals surface area contributed by atoms with Crippen molar-refractivity contribution in [2.45, 2.75) is 37.5 Å². The lowest BCUT2D eigenvalue weighted by Crippen LogP contribution is -2.33. The zero-order valence-electron chi connectivity index (χ0n) is 10.6. The predicted octanol–water partition coefficient (Wildman–Crippen LogP) is 2.80. The van der Waals surface area contributed by atoms with Gasteiger partial charge < -0.3 is 10.4 Å². The molecule has 4 heteroatoms. The van der Waals surface area contributed by atoms with Crippen LogP contribution in [0.4, 0.5) is 0 Å². The molecular formula is C14H19NO2S. The molecule has 0 bridgehead atoms. The van der Waals surface area contributed by atoms with Gasteiger partial charge in [0, 0.05) is 16.9 Å². The van der Waals surface area contributed by atoms with Gasteiger partial charge in [-0.1, -0.05) is 13.0 Å². The molecule has 1 amide bonds. The molecule has 0 radical (unpaired) electrons. The van der Waals surface area contributed by atoms with Crippen LogP contribution in [0, 0.1) is 0 Å². The van der Waals surface area contributed by atoms with Crippen molar-refractivity contribution < 1.29 is 9.90 Å². The van der Waals surface area contributed by atoms with E-state index in [0.717, 1.165) is 18.6 Å². The molecule has 0 saturated heterocycles. The average molecular weight is 265 g/mol. The summed E-state index contributed by atoms with van der Waals surface area (Å²) in [6.07, 6.45) is 3.30. The van der Waals surface area contributed by atoms with E-state index in [4.69, 9.17) is 0 Å². The van der Waals surface area contributed by atoms with Crippen LogP contribution >= 0.6 is 11.8 Å². The number of carbonyl (C=O) groups excluding carboxylic acids is 1. The van der Waals surface area contributed by atoms with Gasteiger partial charge in [0.15, 0.2) is 0 Å². The summed E-state index contributed by atoms with van der Waals surface area (Å²) >= 11 is 1.98. The Bertz CT molecular complexity index is 422. The zero-order chi connectivity index (χ0) is 13.0. The highest BCUT2D eigenvalue weighted by Crippen LogP contribution is 2.29. The predicted molar refractivity (Wildman–Crippen MR) is 75.1 cm³/mol. The number of rotatable bonds is 4. The molecule has 1 aromatic rings. The molecule has 0 aliphatic heterocycles. The van der Waals surface area contributed by atoms with E-state index in [0.29, 0.717) is 10.8 Å². The fourth-order valence-electron chi connectivity index (χ4n) is 2.37. The number of carbonyl (C=O) groups is 1. The van der Waals surface area contributed by atoms with Gasteiger partial charge in [-0.2, -0.15) is 11.8 Å². The van der Waals surface area contributed by atoms with Crippen molar-refractivity contribution in [3.8, 4) is 5.75 Å². The number of phenols is 1. The van der Waals surface area contributed by atoms with Crippen molar-refractivity contribution in [3.63, 3.8) is 0 Å². The molecule has 0 heterocycles. The van der Waals surface area contributed by atoms with Crippen molar-refractivity contribution in [1.29, 1.82) is 0 Å². The van der Waals surface area contributed by atoms with Crippen molar-refractivity contribution in [2.24, 2.45) is 0 Å². The van der Waals surface area contributed by atoms with Gasteiger partial charge in [-0.05, 0) is 43.2 Å². The molecule has 3 nitrogen and oxygen atoms in total. The number of hydrogen-bond donors (Lipinski definition) is 2. The average Bonchev–Trinajstić information content (AvgIpc) is 2.77. The van der Waals surface area contributed by atoms with Gasteiger partial charge in [0.05, 0.1) is 0 Å². The minimum absolute atomic E-state index is 0.0851. The summed E-state index contributed by atoms with van der Waals surface area (Å²) < 4.78 is 0. The molecule has 18 heavy (non-hydrogen) atoms. The second-order valence-electron chi connectivity index (χ2n) is 4.61. The molecule has 2 N–H and O–H groups in total. The van der Waals surface area contributed by atoms with Crippen LogP contribution in [0.2, 0.25) is 0 Å². The first-order chi connectivity index (χ1) is 8.69. The van der Waals surface area contributed by atoms with Crippen LogP contribution in [0.1, 0.15) is 36.5 Å². The molecule has 2 rings (SSSR count). The van der Waals surface area contributed by atoms with Crippen molar-refractivity contribution in [3.05, 3.63) is 29.8 Å². The van der Waals surface area contributed by atoms with Gasteiger partial charge in [-0.15, -0.1) is 0 Å². The Morgan fingerprint density at radius 3 is 3.06 bits per heavy atom. The normalized spacial score (nSPS) is 22.9. The van der Waals surface area contributed by atoms with Crippen LogP contribution in [0.5, 0.6) is 5.75 Å². The van der Waals surface area contributed by atoms with E-state index in [1.807, 2.05) is 11.8 Å². The molecule has 98 valence electrons. The fourth-order valence-corrected chi connectivity index (χ4v) is 3.52. The molecule has 0 spiro atoms. The standard InChI is InChI=1S/C14H19NO2S/c1-2-18-13-7-6-11(9-13)15-14(17)10-4-3-5-12(16)8-10/h3-5,8,11,13,16H,2,6-7,9H2,1H3,(H,15,17)/t11-,13+/m0/s1. The van der Waals surface area contributed by atoms with Gasteiger partial charge in [-0.3, -0.25) is 4.79 Å². The van der Waals surface area contributed by atoms with E-state index in [1.165, 1.54) is 12.5 Å². The Hall–Kier alpha value is -1.16. The van der Waals surface area contributed by atoms with Gasteiger partial charge in [0.25, 0.3) is 5.91 Å². The van der Waals surface area contributed by atoms with E-state index in [2.05, 4.69) is 12.2 Å². The Morgan fingerprint density at radius 2 is 2.33 bits per heavy atom. The third kappa shape index (κ3) is 3.42. The molecule has 1 aliphatic rings. The monoisotopic (exact) mass is 265 g/mol. The third-order valence-electron chi connectivity index (χ3n) is 3.23. The first-order valence-corrected chi connectivity index (χ1v) is 7.45. The lowest BCUT2D eigenvalue weighted by Gasteiger charge is -2.13. The summed E-state index contributed by atoms with van der Waals surface area (Å²) in [5.41, 5.74) is 0.529. The summed E-state index contributed by atoms with van der Waals surface area (Å²) in [4.78, 5) is 12.0. The van der Waals surface area contributed by atoms with Gasteiger partial charge in [0.1, 0.15) is 5.75 Å². The first-order valence-electron chi connectivity index (χ1n) is 6.40. The molecule has 0 aromatic heterocycles. The molecule has 1 fully saturated rings. The van der Waals surface area contributed by atoms with Gasteiger partial charge in [0.2, 0.25) is 0 Å². The van der Waals surface area contributed by atoms with E-state index >= 15 is 0 Å². The Morgan fingerprint density at radius 1 is 1.50 bits per heavy atom. The highest BCUT2D eigenvalue weighted by atomic mass is 32.2. The largest absolute Gasteiger partial charge is 0.508 e. The van der Waals surface area contributed by atoms with Gasteiger partial charge in [-0.25, -0.2) is 0 Å². The number of amides is 1. The molecule has 1 saturated carbocycles. The number of aromatic hydroxyl groups is 1. The van der Waals surface area contributed by atoms with Crippen molar-refractivity contribution >= 4 is 17.7 Å². The lowest BCUT2D eigenvalue weighted by molar-refractivity contribution is 0.0937. The lowest BCUT2D eigenvalue weighted by atomic mass is 10.1. The second kappa shape index (κ2) is 6.14. The summed E-state index contributed by atoms with van der Waals surface area (Å²) in [6.45, 7) is 2.17. The minimum atomic E-state index is -0.0851. The molecule has 2 atom stereocenters. The summed E-state index contributed by atoms with van der Waals surface area (Å²) in [5.74, 6) is 1.18.